The Bertz CT molecular complexity index is 1320. The molecule has 2 fully saturated rings. The molecule has 4 aromatic rings. The predicted octanol–water partition coefficient (Wildman–Crippen LogP) is 2.70. The van der Waals surface area contributed by atoms with Crippen molar-refractivity contribution < 1.29 is 0 Å². The molecule has 0 radical (unpaired) electrons. The van der Waals surface area contributed by atoms with Crippen LogP contribution in [-0.2, 0) is 0 Å². The van der Waals surface area contributed by atoms with Gasteiger partial charge in [-0.25, -0.2) is 14.6 Å². The number of hydrogen-bond acceptors (Lipinski definition) is 10. The number of pyridine rings is 1. The number of fused-ring (bicyclic) bond motifs is 1. The normalized spacial score (nSPS) is 16.8. The second kappa shape index (κ2) is 8.24. The molecule has 0 saturated carbocycles. The van der Waals surface area contributed by atoms with Crippen LogP contribution in [0.15, 0.2) is 40.6 Å². The topological polar surface area (TPSA) is 103 Å². The number of halogens is 1. The number of nitrogens with zero attached hydrogens (tertiary/aromatic N) is 10. The summed E-state index contributed by atoms with van der Waals surface area (Å²) in [6.07, 6.45) is 5.40. The number of nitriles is 1. The van der Waals surface area contributed by atoms with Crippen LogP contribution in [0.3, 0.4) is 0 Å². The lowest BCUT2D eigenvalue weighted by Gasteiger charge is -2.40. The van der Waals surface area contributed by atoms with Gasteiger partial charge in [-0.1, -0.05) is 5.21 Å². The van der Waals surface area contributed by atoms with Crippen LogP contribution in [0.1, 0.15) is 11.7 Å². The largest absolute Gasteiger partial charge is 0.367 e. The van der Waals surface area contributed by atoms with Crippen LogP contribution in [-0.4, -0.2) is 69.2 Å². The summed E-state index contributed by atoms with van der Waals surface area (Å²) in [6.45, 7) is 5.02. The highest BCUT2D eigenvalue weighted by atomic mass is 79.9. The summed E-state index contributed by atoms with van der Waals surface area (Å²) in [5, 5.41) is 17.0. The van der Waals surface area contributed by atoms with Gasteiger partial charge in [0.15, 0.2) is 5.82 Å². The van der Waals surface area contributed by atoms with Crippen molar-refractivity contribution in [2.24, 2.45) is 0 Å². The summed E-state index contributed by atoms with van der Waals surface area (Å²) >= 11 is 5.29. The van der Waals surface area contributed by atoms with Crippen LogP contribution in [0.25, 0.3) is 10.2 Å². The molecular weight excluding hydrogens is 504 g/mol. The van der Waals surface area contributed by atoms with Gasteiger partial charge < -0.3 is 14.7 Å². The smallest absolute Gasteiger partial charge is 0.228 e. The van der Waals surface area contributed by atoms with Crippen molar-refractivity contribution in [1.29, 1.82) is 5.26 Å². The van der Waals surface area contributed by atoms with E-state index >= 15 is 0 Å². The van der Waals surface area contributed by atoms with Crippen LogP contribution in [0.4, 0.5) is 17.5 Å². The molecule has 4 aromatic heterocycles. The first kappa shape index (κ1) is 20.3. The molecule has 0 atom stereocenters. The highest BCUT2D eigenvalue weighted by Gasteiger charge is 2.32. The van der Waals surface area contributed by atoms with Gasteiger partial charge in [-0.3, -0.25) is 0 Å². The number of hydrogen-bond donors (Lipinski definition) is 0. The molecule has 2 aliphatic heterocycles. The number of aromatic nitrogens is 6. The van der Waals surface area contributed by atoms with Crippen LogP contribution < -0.4 is 14.7 Å². The summed E-state index contributed by atoms with van der Waals surface area (Å²) in [5.74, 6) is 1.75. The summed E-state index contributed by atoms with van der Waals surface area (Å²) in [6, 6.07) is 8.17. The van der Waals surface area contributed by atoms with Crippen LogP contribution in [0, 0.1) is 11.3 Å². The first-order chi connectivity index (χ1) is 16.2. The lowest BCUT2D eigenvalue weighted by atomic mass is 10.1. The fourth-order valence-corrected chi connectivity index (χ4v) is 5.78. The summed E-state index contributed by atoms with van der Waals surface area (Å²) in [5.41, 5.74) is 2.44. The van der Waals surface area contributed by atoms with E-state index in [1.165, 1.54) is 0 Å². The quantitative estimate of drug-likeness (QED) is 0.400. The van der Waals surface area contributed by atoms with E-state index in [-0.39, 0.29) is 0 Å². The number of rotatable bonds is 4. The van der Waals surface area contributed by atoms with Crippen molar-refractivity contribution in [3.8, 4) is 6.07 Å². The molecule has 0 bridgehead atoms. The van der Waals surface area contributed by atoms with E-state index < -0.39 is 0 Å². The Hall–Kier alpha value is -3.30. The van der Waals surface area contributed by atoms with Gasteiger partial charge >= 0.3 is 0 Å². The zero-order chi connectivity index (χ0) is 22.4. The van der Waals surface area contributed by atoms with Gasteiger partial charge in [0, 0.05) is 45.5 Å². The molecule has 12 heteroatoms. The molecule has 166 valence electrons. The second-order valence-electron chi connectivity index (χ2n) is 8.04. The van der Waals surface area contributed by atoms with Crippen molar-refractivity contribution in [1.82, 2.24) is 29.9 Å². The summed E-state index contributed by atoms with van der Waals surface area (Å²) in [4.78, 5) is 20.9. The Morgan fingerprint density at radius 1 is 1.06 bits per heavy atom. The first-order valence-corrected chi connectivity index (χ1v) is 12.2. The van der Waals surface area contributed by atoms with Crippen LogP contribution in [0.2, 0.25) is 0 Å². The van der Waals surface area contributed by atoms with Gasteiger partial charge in [0.25, 0.3) is 0 Å². The van der Waals surface area contributed by atoms with Gasteiger partial charge in [0.05, 0.1) is 38.1 Å². The van der Waals surface area contributed by atoms with Crippen molar-refractivity contribution in [2.75, 3.05) is 54.0 Å². The van der Waals surface area contributed by atoms with E-state index in [0.29, 0.717) is 11.7 Å². The third-order valence-corrected chi connectivity index (χ3v) is 7.70. The zero-order valence-electron chi connectivity index (χ0n) is 17.5. The molecule has 0 aliphatic carbocycles. The predicted molar refractivity (Wildman–Crippen MR) is 130 cm³/mol. The minimum Gasteiger partial charge on any atom is -0.367 e. The summed E-state index contributed by atoms with van der Waals surface area (Å²) in [7, 11) is 0. The number of anilines is 3. The van der Waals surface area contributed by atoms with Crippen molar-refractivity contribution in [3.63, 3.8) is 0 Å². The standard InChI is InChI=1S/C21H19BrN10S/c22-18-9-17-19(33-18)20(31-12-16(13-31)32-4-3-25-28-32)27-21(26-17)30-7-5-29(6-8-30)15-2-1-14(10-23)24-11-15/h1-4,9,11,16H,5-8,12-13H2. The Labute approximate surface area is 202 Å². The Kier molecular flexibility index (Phi) is 5.07. The molecule has 33 heavy (non-hydrogen) atoms. The summed E-state index contributed by atoms with van der Waals surface area (Å²) < 4.78 is 4.07. The average Bonchev–Trinajstić information content (AvgIpc) is 3.47. The minimum absolute atomic E-state index is 0.314. The van der Waals surface area contributed by atoms with E-state index in [9.17, 15) is 0 Å². The fourth-order valence-electron chi connectivity index (χ4n) is 4.24. The molecule has 10 nitrogen and oxygen atoms in total. The molecule has 6 heterocycles. The van der Waals surface area contributed by atoms with E-state index in [1.54, 1.807) is 29.8 Å². The van der Waals surface area contributed by atoms with Crippen LogP contribution >= 0.6 is 27.3 Å². The Balaban J connectivity index is 1.21. The monoisotopic (exact) mass is 522 g/mol. The van der Waals surface area contributed by atoms with Gasteiger partial charge in [-0.05, 0) is 34.1 Å². The van der Waals surface area contributed by atoms with Gasteiger partial charge in [0.2, 0.25) is 5.95 Å². The second-order valence-corrected chi connectivity index (χ2v) is 10.5. The minimum atomic E-state index is 0.314. The molecular formula is C21H19BrN10S. The van der Waals surface area contributed by atoms with Crippen molar-refractivity contribution >= 4 is 54.9 Å². The number of piperazine rings is 1. The first-order valence-electron chi connectivity index (χ1n) is 10.6. The molecule has 2 saturated heterocycles. The highest BCUT2D eigenvalue weighted by Crippen LogP contribution is 2.39. The lowest BCUT2D eigenvalue weighted by Crippen LogP contribution is -2.49. The molecule has 6 rings (SSSR count). The van der Waals surface area contributed by atoms with E-state index in [0.717, 1.165) is 70.7 Å². The van der Waals surface area contributed by atoms with E-state index in [4.69, 9.17) is 15.2 Å². The van der Waals surface area contributed by atoms with E-state index in [1.807, 2.05) is 16.9 Å². The van der Waals surface area contributed by atoms with Gasteiger partial charge in [-0.15, -0.1) is 16.4 Å². The average molecular weight is 523 g/mol. The molecule has 0 amide bonds. The molecule has 0 N–H and O–H groups in total. The zero-order valence-corrected chi connectivity index (χ0v) is 19.9. The van der Waals surface area contributed by atoms with Crippen molar-refractivity contribution in [2.45, 2.75) is 6.04 Å². The SMILES string of the molecule is N#Cc1ccc(N2CCN(c3nc(N4CC(n5ccnn5)C4)c4sc(Br)cc4n3)CC2)cn1. The molecule has 0 aromatic carbocycles. The van der Waals surface area contributed by atoms with Gasteiger partial charge in [-0.2, -0.15) is 10.2 Å². The molecule has 0 spiro atoms. The Morgan fingerprint density at radius 3 is 2.58 bits per heavy atom. The maximum absolute atomic E-state index is 8.96. The van der Waals surface area contributed by atoms with E-state index in [2.05, 4.69) is 58.1 Å². The van der Waals surface area contributed by atoms with Crippen molar-refractivity contribution in [3.05, 3.63) is 46.3 Å². The lowest BCUT2D eigenvalue weighted by molar-refractivity contribution is 0.359. The Morgan fingerprint density at radius 2 is 1.88 bits per heavy atom. The number of thiophene rings is 1. The maximum Gasteiger partial charge on any atom is 0.228 e. The highest BCUT2D eigenvalue weighted by molar-refractivity contribution is 9.11. The van der Waals surface area contributed by atoms with Gasteiger partial charge in [0.1, 0.15) is 11.8 Å². The fraction of sp³-hybridized carbons (Fsp3) is 0.333. The maximum atomic E-state index is 8.96. The molecule has 0 unspecified atom stereocenters. The third-order valence-electron chi connectivity index (χ3n) is 6.08. The third kappa shape index (κ3) is 3.77. The van der Waals surface area contributed by atoms with Crippen LogP contribution in [0.5, 0.6) is 0 Å². The molecule has 2 aliphatic rings.